The Labute approximate surface area is 162 Å². The first kappa shape index (κ1) is 19.8. The number of nitrogens with zero attached hydrogens (tertiary/aromatic N) is 2. The maximum atomic E-state index is 14.5. The van der Waals surface area contributed by atoms with Crippen LogP contribution in [0.5, 0.6) is 11.6 Å². The van der Waals surface area contributed by atoms with Crippen LogP contribution in [0.3, 0.4) is 0 Å². The molecule has 0 aliphatic heterocycles. The van der Waals surface area contributed by atoms with Gasteiger partial charge in [-0.3, -0.25) is 0 Å². The largest absolute Gasteiger partial charge is 0.494 e. The molecule has 148 valence electrons. The first-order chi connectivity index (χ1) is 13.4. The highest BCUT2D eigenvalue weighted by molar-refractivity contribution is 7.90. The van der Waals surface area contributed by atoms with Gasteiger partial charge < -0.3 is 14.8 Å². The summed E-state index contributed by atoms with van der Waals surface area (Å²) >= 11 is 0. The second-order valence-electron chi connectivity index (χ2n) is 5.88. The molecule has 2 heterocycles. The van der Waals surface area contributed by atoms with Crippen LogP contribution in [-0.4, -0.2) is 38.6 Å². The summed E-state index contributed by atoms with van der Waals surface area (Å²) in [6.45, 7) is 0.341. The molecule has 1 N–H and O–H groups in total. The van der Waals surface area contributed by atoms with Crippen molar-refractivity contribution in [3.05, 3.63) is 60.2 Å². The van der Waals surface area contributed by atoms with Gasteiger partial charge in [-0.1, -0.05) is 12.1 Å². The standard InChI is InChI=1S/C19H20FN3O4S/c1-21-10-13-12-23(28(24,25)14-8-9-17(26-2)22-11-14)18(19(13)27-3)15-6-4-5-7-16(15)20/h4-9,11-12,21H,10H2,1-3H3. The van der Waals surface area contributed by atoms with E-state index in [2.05, 4.69) is 10.3 Å². The van der Waals surface area contributed by atoms with Gasteiger partial charge >= 0.3 is 0 Å². The van der Waals surface area contributed by atoms with Gasteiger partial charge in [-0.2, -0.15) is 0 Å². The highest BCUT2D eigenvalue weighted by atomic mass is 32.2. The van der Waals surface area contributed by atoms with Crippen molar-refractivity contribution in [2.75, 3.05) is 21.3 Å². The Morgan fingerprint density at radius 3 is 2.46 bits per heavy atom. The van der Waals surface area contributed by atoms with E-state index in [1.165, 1.54) is 56.9 Å². The minimum absolute atomic E-state index is 0.0560. The highest BCUT2D eigenvalue weighted by Crippen LogP contribution is 2.38. The Hall–Kier alpha value is -2.91. The molecule has 9 heteroatoms. The second-order valence-corrected chi connectivity index (χ2v) is 7.70. The Morgan fingerprint density at radius 1 is 1.14 bits per heavy atom. The molecule has 0 saturated carbocycles. The Bertz CT molecular complexity index is 1080. The summed E-state index contributed by atoms with van der Waals surface area (Å²) in [4.78, 5) is 3.91. The van der Waals surface area contributed by atoms with Crippen LogP contribution in [-0.2, 0) is 16.6 Å². The fourth-order valence-electron chi connectivity index (χ4n) is 2.90. The molecule has 1 aromatic carbocycles. The van der Waals surface area contributed by atoms with Gasteiger partial charge in [0.15, 0.2) is 0 Å². The van der Waals surface area contributed by atoms with Gasteiger partial charge in [-0.25, -0.2) is 21.8 Å². The Morgan fingerprint density at radius 2 is 1.89 bits per heavy atom. The monoisotopic (exact) mass is 405 g/mol. The van der Waals surface area contributed by atoms with Crippen molar-refractivity contribution in [2.45, 2.75) is 11.4 Å². The van der Waals surface area contributed by atoms with E-state index >= 15 is 0 Å². The summed E-state index contributed by atoms with van der Waals surface area (Å²) in [5, 5.41) is 2.96. The van der Waals surface area contributed by atoms with Crippen LogP contribution in [0.25, 0.3) is 11.3 Å². The minimum atomic E-state index is -4.07. The number of nitrogens with one attached hydrogen (secondary N) is 1. The smallest absolute Gasteiger partial charge is 0.269 e. The van der Waals surface area contributed by atoms with Crippen LogP contribution in [0.4, 0.5) is 4.39 Å². The lowest BCUT2D eigenvalue weighted by atomic mass is 10.1. The fourth-order valence-corrected chi connectivity index (χ4v) is 4.24. The van der Waals surface area contributed by atoms with E-state index in [9.17, 15) is 12.8 Å². The van der Waals surface area contributed by atoms with Crippen molar-refractivity contribution >= 4 is 10.0 Å². The highest BCUT2D eigenvalue weighted by Gasteiger charge is 2.28. The predicted molar refractivity (Wildman–Crippen MR) is 103 cm³/mol. The number of pyridine rings is 1. The van der Waals surface area contributed by atoms with Gasteiger partial charge in [-0.05, 0) is 25.2 Å². The second kappa shape index (κ2) is 7.99. The number of methoxy groups -OCH3 is 2. The van der Waals surface area contributed by atoms with Crippen molar-refractivity contribution in [2.24, 2.45) is 0 Å². The van der Waals surface area contributed by atoms with Crippen molar-refractivity contribution in [1.29, 1.82) is 0 Å². The minimum Gasteiger partial charge on any atom is -0.494 e. The summed E-state index contributed by atoms with van der Waals surface area (Å²) in [6, 6.07) is 8.78. The lowest BCUT2D eigenvalue weighted by Gasteiger charge is -2.13. The van der Waals surface area contributed by atoms with Crippen LogP contribution in [0.2, 0.25) is 0 Å². The first-order valence-electron chi connectivity index (χ1n) is 8.37. The molecule has 0 amide bonds. The topological polar surface area (TPSA) is 82.5 Å². The molecule has 0 saturated heterocycles. The van der Waals surface area contributed by atoms with E-state index in [4.69, 9.17) is 9.47 Å². The summed E-state index contributed by atoms with van der Waals surface area (Å²) in [6.07, 6.45) is 2.63. The van der Waals surface area contributed by atoms with Crippen LogP contribution in [0.1, 0.15) is 5.56 Å². The molecule has 0 fully saturated rings. The van der Waals surface area contributed by atoms with Crippen molar-refractivity contribution in [3.8, 4) is 22.9 Å². The Kier molecular flexibility index (Phi) is 5.66. The van der Waals surface area contributed by atoms with Crippen LogP contribution < -0.4 is 14.8 Å². The molecular formula is C19H20FN3O4S. The zero-order valence-corrected chi connectivity index (χ0v) is 16.5. The van der Waals surface area contributed by atoms with Crippen molar-refractivity contribution in [3.63, 3.8) is 0 Å². The number of benzene rings is 1. The molecular weight excluding hydrogens is 385 g/mol. The van der Waals surface area contributed by atoms with E-state index in [0.717, 1.165) is 3.97 Å². The summed E-state index contributed by atoms with van der Waals surface area (Å²) in [5.74, 6) is 0.0120. The third-order valence-electron chi connectivity index (χ3n) is 4.18. The maximum Gasteiger partial charge on any atom is 0.269 e. The number of rotatable bonds is 7. The molecule has 28 heavy (non-hydrogen) atoms. The van der Waals surface area contributed by atoms with Gasteiger partial charge in [0, 0.05) is 29.9 Å². The molecule has 0 aliphatic carbocycles. The molecule has 0 atom stereocenters. The SMILES string of the molecule is CNCc1cn(S(=O)(=O)c2ccc(OC)nc2)c(-c2ccccc2F)c1OC. The molecule has 2 aromatic heterocycles. The van der Waals surface area contributed by atoms with Crippen LogP contribution >= 0.6 is 0 Å². The number of ether oxygens (including phenoxy) is 2. The Balaban J connectivity index is 2.28. The van der Waals surface area contributed by atoms with Gasteiger partial charge in [0.25, 0.3) is 10.0 Å². The number of aromatic nitrogens is 2. The summed E-state index contributed by atoms with van der Waals surface area (Å²) < 4.78 is 52.6. The third kappa shape index (κ3) is 3.46. The normalized spacial score (nSPS) is 11.4. The molecule has 0 spiro atoms. The molecule has 0 radical (unpaired) electrons. The third-order valence-corrected chi connectivity index (χ3v) is 5.82. The number of hydrogen-bond donors (Lipinski definition) is 1. The van der Waals surface area contributed by atoms with Crippen LogP contribution in [0, 0.1) is 5.82 Å². The number of hydrogen-bond acceptors (Lipinski definition) is 6. The van der Waals surface area contributed by atoms with Crippen molar-refractivity contribution in [1.82, 2.24) is 14.3 Å². The molecule has 3 rings (SSSR count). The molecule has 0 unspecified atom stereocenters. The van der Waals surface area contributed by atoms with Gasteiger partial charge in [0.05, 0.1) is 20.4 Å². The summed E-state index contributed by atoms with van der Waals surface area (Å²) in [7, 11) is 0.518. The van der Waals surface area contributed by atoms with Gasteiger partial charge in [-0.15, -0.1) is 0 Å². The summed E-state index contributed by atoms with van der Waals surface area (Å²) in [5.41, 5.74) is 0.807. The molecule has 7 nitrogen and oxygen atoms in total. The van der Waals surface area contributed by atoms with Crippen molar-refractivity contribution < 1.29 is 22.3 Å². The average Bonchev–Trinajstić information content (AvgIpc) is 3.07. The maximum absolute atomic E-state index is 14.5. The van der Waals surface area contributed by atoms with E-state index in [1.54, 1.807) is 13.1 Å². The molecule has 0 bridgehead atoms. The van der Waals surface area contributed by atoms with Gasteiger partial charge in [0.2, 0.25) is 5.88 Å². The zero-order chi connectivity index (χ0) is 20.3. The van der Waals surface area contributed by atoms with E-state index in [0.29, 0.717) is 12.1 Å². The quantitative estimate of drug-likeness (QED) is 0.651. The van der Waals surface area contributed by atoms with E-state index in [-0.39, 0.29) is 27.8 Å². The van der Waals surface area contributed by atoms with E-state index in [1.807, 2.05) is 0 Å². The van der Waals surface area contributed by atoms with Crippen LogP contribution in [0.15, 0.2) is 53.7 Å². The fraction of sp³-hybridized carbons (Fsp3) is 0.211. The van der Waals surface area contributed by atoms with Gasteiger partial charge in [0.1, 0.15) is 22.2 Å². The molecule has 0 aliphatic rings. The predicted octanol–water partition coefficient (Wildman–Crippen LogP) is 2.66. The number of halogens is 1. The zero-order valence-electron chi connectivity index (χ0n) is 15.6. The van der Waals surface area contributed by atoms with E-state index < -0.39 is 15.8 Å². The lowest BCUT2D eigenvalue weighted by Crippen LogP contribution is -2.14. The lowest BCUT2D eigenvalue weighted by molar-refractivity contribution is 0.397. The molecule has 3 aromatic rings. The first-order valence-corrected chi connectivity index (χ1v) is 9.81. The average molecular weight is 405 g/mol.